The maximum absolute atomic E-state index is 13.1. The summed E-state index contributed by atoms with van der Waals surface area (Å²) in [4.78, 5) is 26.5. The van der Waals surface area contributed by atoms with Crippen LogP contribution in [0.25, 0.3) is 0 Å². The van der Waals surface area contributed by atoms with Crippen LogP contribution in [0.15, 0.2) is 72.1 Å². The number of nitrogens with zero attached hydrogens (tertiary/aromatic N) is 1. The van der Waals surface area contributed by atoms with Crippen molar-refractivity contribution in [3.63, 3.8) is 0 Å². The second-order valence-electron chi connectivity index (χ2n) is 8.85. The molecule has 186 valence electrons. The van der Waals surface area contributed by atoms with Crippen LogP contribution in [0.1, 0.15) is 33.6 Å². The van der Waals surface area contributed by atoms with Crippen molar-refractivity contribution in [2.24, 2.45) is 5.92 Å². The minimum Gasteiger partial charge on any atom is -0.391 e. The summed E-state index contributed by atoms with van der Waals surface area (Å²) < 4.78 is 38.0. The zero-order chi connectivity index (χ0) is 25.2. The number of hydrogen-bond acceptors (Lipinski definition) is 7. The fourth-order valence-electron chi connectivity index (χ4n) is 4.94. The number of carbonyl (C=O) groups is 2. The van der Waals surface area contributed by atoms with Crippen LogP contribution in [-0.2, 0) is 19.3 Å². The van der Waals surface area contributed by atoms with E-state index in [0.29, 0.717) is 17.5 Å². The number of amides is 2. The van der Waals surface area contributed by atoms with Gasteiger partial charge in [0.15, 0.2) is 9.84 Å². The van der Waals surface area contributed by atoms with Crippen molar-refractivity contribution in [1.82, 2.24) is 4.90 Å². The van der Waals surface area contributed by atoms with Gasteiger partial charge in [-0.15, -0.1) is 6.58 Å². The van der Waals surface area contributed by atoms with Crippen molar-refractivity contribution < 1.29 is 32.6 Å². The summed E-state index contributed by atoms with van der Waals surface area (Å²) in [5.41, 5.74) is 0.627. The highest BCUT2D eigenvalue weighted by Gasteiger charge is 2.47. The first kappa shape index (κ1) is 25.2. The Kier molecular flexibility index (Phi) is 7.51. The average molecular weight is 500 g/mol. The van der Waals surface area contributed by atoms with Gasteiger partial charge in [0.05, 0.1) is 52.7 Å². The number of sulfone groups is 1. The van der Waals surface area contributed by atoms with Gasteiger partial charge >= 0.3 is 0 Å². The van der Waals surface area contributed by atoms with Gasteiger partial charge in [-0.2, -0.15) is 0 Å². The highest BCUT2D eigenvalue weighted by Crippen LogP contribution is 2.36. The van der Waals surface area contributed by atoms with Gasteiger partial charge in [-0.1, -0.05) is 36.4 Å². The number of β-amino-alcohol motifs (C(OH)–C–C–N with tert-alkyl or cyclic N) is 1. The topological polar surface area (TPSA) is 110 Å². The van der Waals surface area contributed by atoms with Crippen LogP contribution >= 0.6 is 0 Å². The van der Waals surface area contributed by atoms with Gasteiger partial charge in [-0.05, 0) is 30.7 Å². The second-order valence-corrected chi connectivity index (χ2v) is 10.9. The van der Waals surface area contributed by atoms with Crippen LogP contribution in [0.2, 0.25) is 0 Å². The minimum absolute atomic E-state index is 0.0709. The van der Waals surface area contributed by atoms with Gasteiger partial charge in [0.25, 0.3) is 11.8 Å². The molecule has 4 rings (SSSR count). The number of fused-ring (bicyclic) bond motifs is 1. The van der Waals surface area contributed by atoms with Crippen LogP contribution in [0.5, 0.6) is 0 Å². The molecule has 2 aliphatic heterocycles. The van der Waals surface area contributed by atoms with Gasteiger partial charge in [-0.25, -0.2) is 8.42 Å². The third kappa shape index (κ3) is 5.08. The number of hydrogen-bond donors (Lipinski definition) is 1. The Morgan fingerprint density at radius 3 is 2.23 bits per heavy atom. The molecule has 0 aromatic heterocycles. The Morgan fingerprint density at radius 1 is 1.06 bits per heavy atom. The maximum atomic E-state index is 13.1. The van der Waals surface area contributed by atoms with Crippen LogP contribution < -0.4 is 0 Å². The summed E-state index contributed by atoms with van der Waals surface area (Å²) in [6.07, 6.45) is -0.610. The third-order valence-corrected chi connectivity index (χ3v) is 8.39. The molecular formula is C26H29NO7S. The highest BCUT2D eigenvalue weighted by atomic mass is 32.2. The Balaban J connectivity index is 1.47. The summed E-state index contributed by atoms with van der Waals surface area (Å²) in [5, 5.41) is 10.8. The van der Waals surface area contributed by atoms with Crippen molar-refractivity contribution in [1.29, 1.82) is 0 Å². The van der Waals surface area contributed by atoms with E-state index in [2.05, 4.69) is 6.58 Å². The quantitative estimate of drug-likeness (QED) is 0.395. The van der Waals surface area contributed by atoms with E-state index < -0.39 is 52.0 Å². The number of carbonyl (C=O) groups excluding carboxylic acids is 2. The van der Waals surface area contributed by atoms with Gasteiger partial charge in [0, 0.05) is 19.4 Å². The lowest BCUT2D eigenvalue weighted by molar-refractivity contribution is -0.0339. The maximum Gasteiger partial charge on any atom is 0.261 e. The van der Waals surface area contributed by atoms with Crippen molar-refractivity contribution in [3.8, 4) is 0 Å². The van der Waals surface area contributed by atoms with Crippen molar-refractivity contribution in [2.45, 2.75) is 42.2 Å². The van der Waals surface area contributed by atoms with Crippen molar-refractivity contribution in [2.75, 3.05) is 19.4 Å². The van der Waals surface area contributed by atoms with E-state index in [4.69, 9.17) is 9.47 Å². The standard InChI is InChI=1S/C26H29NO7S/c1-3-9-22-21(16-35(31,32)18-10-5-4-6-11-18)24(33-2)23(34-22)14-17(28)15-27-25(29)19-12-7-8-13-20(19)26(27)30/h3-8,10-13,17,21-24,28H,1,9,14-16H2,2H3/t17-,21-,22-,23+,24+/m0/s1. The Bertz CT molecular complexity index is 1160. The monoisotopic (exact) mass is 499 g/mol. The third-order valence-electron chi connectivity index (χ3n) is 6.58. The van der Waals surface area contributed by atoms with Crippen molar-refractivity contribution >= 4 is 21.7 Å². The van der Waals surface area contributed by atoms with Crippen LogP contribution in [0.3, 0.4) is 0 Å². The molecule has 0 bridgehead atoms. The van der Waals surface area contributed by atoms with E-state index >= 15 is 0 Å². The van der Waals surface area contributed by atoms with E-state index in [1.807, 2.05) is 0 Å². The zero-order valence-electron chi connectivity index (χ0n) is 19.4. The predicted octanol–water partition coefficient (Wildman–Crippen LogP) is 2.48. The van der Waals surface area contributed by atoms with Crippen molar-refractivity contribution in [3.05, 3.63) is 78.4 Å². The lowest BCUT2D eigenvalue weighted by atomic mass is 9.94. The summed E-state index contributed by atoms with van der Waals surface area (Å²) >= 11 is 0. The highest BCUT2D eigenvalue weighted by molar-refractivity contribution is 7.91. The van der Waals surface area contributed by atoms with Crippen LogP contribution in [-0.4, -0.2) is 74.1 Å². The minimum atomic E-state index is -3.61. The molecular weight excluding hydrogens is 470 g/mol. The lowest BCUT2D eigenvalue weighted by Gasteiger charge is -2.25. The van der Waals surface area contributed by atoms with Gasteiger partial charge in [0.1, 0.15) is 0 Å². The van der Waals surface area contributed by atoms with Gasteiger partial charge in [-0.3, -0.25) is 14.5 Å². The molecule has 0 spiro atoms. The van der Waals surface area contributed by atoms with E-state index in [-0.39, 0.29) is 23.6 Å². The molecule has 2 heterocycles. The normalized spacial score (nSPS) is 25.0. The van der Waals surface area contributed by atoms with Gasteiger partial charge in [0.2, 0.25) is 0 Å². The molecule has 9 heteroatoms. The first-order valence-corrected chi connectivity index (χ1v) is 13.1. The van der Waals surface area contributed by atoms with Crippen LogP contribution in [0.4, 0.5) is 0 Å². The second kappa shape index (κ2) is 10.4. The van der Waals surface area contributed by atoms with E-state index in [9.17, 15) is 23.1 Å². The van der Waals surface area contributed by atoms with Gasteiger partial charge < -0.3 is 14.6 Å². The molecule has 2 aromatic carbocycles. The largest absolute Gasteiger partial charge is 0.391 e. The molecule has 1 N–H and O–H groups in total. The Labute approximate surface area is 205 Å². The number of aliphatic hydroxyl groups is 1. The lowest BCUT2D eigenvalue weighted by Crippen LogP contribution is -2.40. The zero-order valence-corrected chi connectivity index (χ0v) is 20.3. The molecule has 2 amide bonds. The molecule has 8 nitrogen and oxygen atoms in total. The first-order chi connectivity index (χ1) is 16.8. The number of rotatable bonds is 10. The molecule has 1 fully saturated rings. The fourth-order valence-corrected chi connectivity index (χ4v) is 6.61. The molecule has 0 radical (unpaired) electrons. The summed E-state index contributed by atoms with van der Waals surface area (Å²) in [6, 6.07) is 14.7. The van der Waals surface area contributed by atoms with E-state index in [1.165, 1.54) is 7.11 Å². The van der Waals surface area contributed by atoms with E-state index in [0.717, 1.165) is 4.90 Å². The molecule has 2 aliphatic rings. The summed E-state index contributed by atoms with van der Waals surface area (Å²) in [5.74, 6) is -1.56. The molecule has 1 saturated heterocycles. The smallest absolute Gasteiger partial charge is 0.261 e. The molecule has 0 unspecified atom stereocenters. The van der Waals surface area contributed by atoms with E-state index in [1.54, 1.807) is 60.7 Å². The fraction of sp³-hybridized carbons (Fsp3) is 0.385. The number of methoxy groups -OCH3 is 1. The molecule has 35 heavy (non-hydrogen) atoms. The molecule has 0 saturated carbocycles. The average Bonchev–Trinajstić information content (AvgIpc) is 3.28. The first-order valence-electron chi connectivity index (χ1n) is 11.5. The molecule has 2 aromatic rings. The van der Waals surface area contributed by atoms with Crippen LogP contribution in [0, 0.1) is 5.92 Å². The number of imide groups is 1. The number of ether oxygens (including phenoxy) is 2. The number of benzene rings is 2. The summed E-state index contributed by atoms with van der Waals surface area (Å²) in [6.45, 7) is 3.56. The molecule has 5 atom stereocenters. The predicted molar refractivity (Wildman–Crippen MR) is 129 cm³/mol. The Hall–Kier alpha value is -2.85. The Morgan fingerprint density at radius 2 is 1.66 bits per heavy atom. The SMILES string of the molecule is C=CC[C@@H]1O[C@H](C[C@H](O)CN2C(=O)c3ccccc3C2=O)[C@H](OC)[C@H]1CS(=O)(=O)c1ccccc1. The number of aliphatic hydroxyl groups excluding tert-OH is 1. The molecule has 0 aliphatic carbocycles. The summed E-state index contributed by atoms with van der Waals surface area (Å²) in [7, 11) is -2.13.